The Morgan fingerprint density at radius 1 is 1.19 bits per heavy atom. The molecule has 2 saturated heterocycles. The Morgan fingerprint density at radius 3 is 2.65 bits per heavy atom. The molecule has 2 aliphatic rings. The fraction of sp³-hybridized carbons (Fsp3) is 0.318. The maximum Gasteiger partial charge on any atom is 0.290 e. The third kappa shape index (κ3) is 4.13. The van der Waals surface area contributed by atoms with Crippen LogP contribution in [0.25, 0.3) is 21.5 Å². The van der Waals surface area contributed by atoms with Crippen molar-refractivity contribution in [1.29, 1.82) is 0 Å². The SMILES string of the molecule is Cc1nc(-c2ccc(C(=O)N3[C@@H]4CC[C@H]3CNC(=O)C4)cc2)c2sccc2n1.O=CO. The van der Waals surface area contributed by atoms with Gasteiger partial charge >= 0.3 is 0 Å². The highest BCUT2D eigenvalue weighted by Crippen LogP contribution is 2.32. The summed E-state index contributed by atoms with van der Waals surface area (Å²) >= 11 is 1.62. The number of aromatic nitrogens is 2. The van der Waals surface area contributed by atoms with Crippen LogP contribution in [0, 0.1) is 6.92 Å². The number of nitrogens with zero attached hydrogens (tertiary/aromatic N) is 3. The lowest BCUT2D eigenvalue weighted by molar-refractivity contribution is -0.123. The molecule has 3 aromatic rings. The minimum Gasteiger partial charge on any atom is -0.483 e. The topological polar surface area (TPSA) is 112 Å². The molecule has 0 unspecified atom stereocenters. The van der Waals surface area contributed by atoms with Gasteiger partial charge in [-0.05, 0) is 43.3 Å². The number of amides is 2. The van der Waals surface area contributed by atoms with Crippen LogP contribution in [0.3, 0.4) is 0 Å². The zero-order valence-corrected chi connectivity index (χ0v) is 17.8. The molecule has 0 saturated carbocycles. The van der Waals surface area contributed by atoms with Gasteiger partial charge in [-0.1, -0.05) is 12.1 Å². The van der Waals surface area contributed by atoms with E-state index in [1.165, 1.54) is 0 Å². The van der Waals surface area contributed by atoms with Crippen LogP contribution in [0.4, 0.5) is 0 Å². The van der Waals surface area contributed by atoms with Gasteiger partial charge in [0, 0.05) is 36.2 Å². The van der Waals surface area contributed by atoms with Crippen LogP contribution in [0.2, 0.25) is 0 Å². The van der Waals surface area contributed by atoms with E-state index in [2.05, 4.69) is 15.3 Å². The molecule has 5 rings (SSSR count). The molecule has 8 nitrogen and oxygen atoms in total. The number of fused-ring (bicyclic) bond motifs is 3. The first-order valence-electron chi connectivity index (χ1n) is 10.0. The Bertz CT molecular complexity index is 1130. The average molecular weight is 439 g/mol. The van der Waals surface area contributed by atoms with E-state index in [-0.39, 0.29) is 30.4 Å². The number of rotatable bonds is 2. The van der Waals surface area contributed by atoms with Crippen LogP contribution in [0.15, 0.2) is 35.7 Å². The third-order valence-corrected chi connectivity index (χ3v) is 6.54. The molecule has 0 aliphatic carbocycles. The van der Waals surface area contributed by atoms with Crippen molar-refractivity contribution in [2.24, 2.45) is 0 Å². The van der Waals surface area contributed by atoms with Crippen LogP contribution >= 0.6 is 11.3 Å². The summed E-state index contributed by atoms with van der Waals surface area (Å²) < 4.78 is 1.06. The highest BCUT2D eigenvalue weighted by molar-refractivity contribution is 7.17. The van der Waals surface area contributed by atoms with Crippen LogP contribution in [0.5, 0.6) is 0 Å². The Kier molecular flexibility index (Phi) is 5.94. The zero-order chi connectivity index (χ0) is 22.0. The Labute approximate surface area is 182 Å². The van der Waals surface area contributed by atoms with Crippen molar-refractivity contribution in [3.63, 3.8) is 0 Å². The van der Waals surface area contributed by atoms with Crippen molar-refractivity contribution in [1.82, 2.24) is 20.2 Å². The van der Waals surface area contributed by atoms with Crippen LogP contribution in [0.1, 0.15) is 35.4 Å². The second-order valence-electron chi connectivity index (χ2n) is 7.54. The molecule has 0 radical (unpaired) electrons. The highest BCUT2D eigenvalue weighted by Gasteiger charge is 2.40. The number of benzene rings is 1. The first-order valence-corrected chi connectivity index (χ1v) is 10.9. The minimum absolute atomic E-state index is 0.00920. The van der Waals surface area contributed by atoms with E-state index in [4.69, 9.17) is 9.90 Å². The maximum atomic E-state index is 13.2. The average Bonchev–Trinajstić information content (AvgIpc) is 3.34. The summed E-state index contributed by atoms with van der Waals surface area (Å²) in [7, 11) is 0. The van der Waals surface area contributed by atoms with E-state index >= 15 is 0 Å². The molecule has 160 valence electrons. The lowest BCUT2D eigenvalue weighted by Gasteiger charge is -2.27. The van der Waals surface area contributed by atoms with Gasteiger partial charge in [-0.15, -0.1) is 11.3 Å². The number of nitrogens with one attached hydrogen (secondary N) is 1. The summed E-state index contributed by atoms with van der Waals surface area (Å²) in [6.45, 7) is 2.19. The number of thiophene rings is 1. The van der Waals surface area contributed by atoms with Gasteiger partial charge in [0.2, 0.25) is 5.91 Å². The van der Waals surface area contributed by atoms with Gasteiger partial charge in [-0.25, -0.2) is 9.97 Å². The summed E-state index contributed by atoms with van der Waals surface area (Å²) in [6, 6.07) is 9.76. The van der Waals surface area contributed by atoms with Crippen LogP contribution < -0.4 is 5.32 Å². The molecule has 31 heavy (non-hydrogen) atoms. The van der Waals surface area contributed by atoms with E-state index in [9.17, 15) is 9.59 Å². The largest absolute Gasteiger partial charge is 0.483 e. The van der Waals surface area contributed by atoms with Gasteiger partial charge in [-0.3, -0.25) is 14.4 Å². The number of hydrogen-bond donors (Lipinski definition) is 2. The van der Waals surface area contributed by atoms with Gasteiger partial charge in [0.05, 0.1) is 15.9 Å². The molecule has 2 aromatic heterocycles. The molecule has 9 heteroatoms. The lowest BCUT2D eigenvalue weighted by Crippen LogP contribution is -2.42. The van der Waals surface area contributed by atoms with Crippen molar-refractivity contribution in [3.05, 3.63) is 47.1 Å². The second kappa shape index (κ2) is 8.81. The van der Waals surface area contributed by atoms with E-state index < -0.39 is 0 Å². The molecule has 0 spiro atoms. The summed E-state index contributed by atoms with van der Waals surface area (Å²) in [5, 5.41) is 11.8. The molecular weight excluding hydrogens is 416 g/mol. The summed E-state index contributed by atoms with van der Waals surface area (Å²) in [5.74, 6) is 0.787. The number of carboxylic acid groups (broad SMARTS) is 1. The van der Waals surface area contributed by atoms with Gasteiger partial charge in [0.25, 0.3) is 12.4 Å². The van der Waals surface area contributed by atoms with E-state index in [0.717, 1.165) is 40.1 Å². The molecule has 2 atom stereocenters. The lowest BCUT2D eigenvalue weighted by atomic mass is 10.1. The molecule has 1 aromatic carbocycles. The molecule has 2 N–H and O–H groups in total. The molecule has 2 bridgehead atoms. The predicted octanol–water partition coefficient (Wildman–Crippen LogP) is 2.86. The monoisotopic (exact) mass is 438 g/mol. The van der Waals surface area contributed by atoms with Gasteiger partial charge in [-0.2, -0.15) is 0 Å². The fourth-order valence-electron chi connectivity index (χ4n) is 4.31. The van der Waals surface area contributed by atoms with Crippen molar-refractivity contribution < 1.29 is 19.5 Å². The summed E-state index contributed by atoms with van der Waals surface area (Å²) in [6.07, 6.45) is 2.25. The fourth-order valence-corrected chi connectivity index (χ4v) is 5.15. The number of carbonyl (C=O) groups is 3. The number of aryl methyl sites for hydroxylation is 1. The summed E-state index contributed by atoms with van der Waals surface area (Å²) in [4.78, 5) is 44.4. The molecule has 2 fully saturated rings. The standard InChI is InChI=1S/C21H20N4O2S.CH2O2/c1-12-23-17-8-9-28-20(17)19(24-12)13-2-4-14(5-3-13)21(27)25-15-6-7-16(25)11-22-18(26)10-15;2-1-3/h2-5,8-9,15-16H,6-7,10-11H2,1H3,(H,22,26);1H,(H,2,3)/t15-,16+;/m1./s1. The van der Waals surface area contributed by atoms with Gasteiger partial charge < -0.3 is 15.3 Å². The van der Waals surface area contributed by atoms with Gasteiger partial charge in [0.15, 0.2) is 0 Å². The first kappa shape index (κ1) is 20.9. The van der Waals surface area contributed by atoms with Crippen molar-refractivity contribution in [2.45, 2.75) is 38.3 Å². The normalized spacial score (nSPS) is 19.9. The molecule has 2 aliphatic heterocycles. The molecule has 4 heterocycles. The number of hydrogen-bond acceptors (Lipinski definition) is 6. The van der Waals surface area contributed by atoms with Crippen molar-refractivity contribution in [3.8, 4) is 11.3 Å². The molecular formula is C22H22N4O4S. The van der Waals surface area contributed by atoms with Gasteiger partial charge in [0.1, 0.15) is 5.82 Å². The second-order valence-corrected chi connectivity index (χ2v) is 8.46. The van der Waals surface area contributed by atoms with Crippen molar-refractivity contribution in [2.75, 3.05) is 6.54 Å². The zero-order valence-electron chi connectivity index (χ0n) is 16.9. The van der Waals surface area contributed by atoms with E-state index in [0.29, 0.717) is 18.5 Å². The Morgan fingerprint density at radius 2 is 1.90 bits per heavy atom. The molecule has 2 amide bonds. The van der Waals surface area contributed by atoms with E-state index in [1.807, 2.05) is 47.5 Å². The quantitative estimate of drug-likeness (QED) is 0.595. The third-order valence-electron chi connectivity index (χ3n) is 5.63. The summed E-state index contributed by atoms with van der Waals surface area (Å²) in [5.41, 5.74) is 3.49. The van der Waals surface area contributed by atoms with E-state index in [1.54, 1.807) is 11.3 Å². The minimum atomic E-state index is -0.250. The number of carbonyl (C=O) groups excluding carboxylic acids is 2. The Hall–Kier alpha value is -3.33. The first-order chi connectivity index (χ1) is 15.0. The Balaban J connectivity index is 0.000000730. The van der Waals surface area contributed by atoms with Crippen molar-refractivity contribution >= 4 is 39.8 Å². The smallest absolute Gasteiger partial charge is 0.290 e. The highest BCUT2D eigenvalue weighted by atomic mass is 32.1. The van der Waals surface area contributed by atoms with Crippen LogP contribution in [-0.2, 0) is 9.59 Å². The predicted molar refractivity (Wildman–Crippen MR) is 117 cm³/mol. The van der Waals surface area contributed by atoms with Crippen LogP contribution in [-0.4, -0.2) is 56.9 Å². The maximum absolute atomic E-state index is 13.2.